The molecule has 0 saturated heterocycles. The van der Waals surface area contributed by atoms with Gasteiger partial charge in [0, 0.05) is 12.1 Å². The molecule has 1 aliphatic heterocycles. The summed E-state index contributed by atoms with van der Waals surface area (Å²) in [6.07, 6.45) is 0.932. The predicted molar refractivity (Wildman–Crippen MR) is 72.0 cm³/mol. The van der Waals surface area contributed by atoms with E-state index in [1.807, 2.05) is 12.1 Å². The number of nitrogens with one attached hydrogen (secondary N) is 2. The quantitative estimate of drug-likeness (QED) is 0.856. The van der Waals surface area contributed by atoms with Crippen molar-refractivity contribution in [1.82, 2.24) is 5.32 Å². The van der Waals surface area contributed by atoms with Gasteiger partial charge in [-0.2, -0.15) is 0 Å². The summed E-state index contributed by atoms with van der Waals surface area (Å²) in [5, 5.41) is 6.29. The number of ether oxygens (including phenoxy) is 1. The molecule has 4 heteroatoms. The second-order valence-electron chi connectivity index (χ2n) is 5.09. The van der Waals surface area contributed by atoms with Crippen LogP contribution in [-0.2, 0) is 11.2 Å². The Kier molecular flexibility index (Phi) is 3.87. The third-order valence-corrected chi connectivity index (χ3v) is 2.84. The van der Waals surface area contributed by atoms with Crippen molar-refractivity contribution in [1.29, 1.82) is 0 Å². The zero-order valence-corrected chi connectivity index (χ0v) is 11.1. The molecule has 0 aromatic heterocycles. The van der Waals surface area contributed by atoms with Crippen LogP contribution >= 0.6 is 0 Å². The summed E-state index contributed by atoms with van der Waals surface area (Å²) in [6, 6.07) is 6.84. The summed E-state index contributed by atoms with van der Waals surface area (Å²) >= 11 is 0. The summed E-state index contributed by atoms with van der Waals surface area (Å²) in [7, 11) is 0. The smallest absolute Gasteiger partial charge is 0.262 e. The van der Waals surface area contributed by atoms with Gasteiger partial charge in [-0.15, -0.1) is 0 Å². The molecule has 0 saturated carbocycles. The van der Waals surface area contributed by atoms with Gasteiger partial charge in [0.2, 0.25) is 0 Å². The molecule has 1 aliphatic rings. The second kappa shape index (κ2) is 5.40. The molecule has 1 amide bonds. The Hall–Kier alpha value is -1.55. The van der Waals surface area contributed by atoms with E-state index in [-0.39, 0.29) is 12.5 Å². The van der Waals surface area contributed by atoms with Crippen molar-refractivity contribution >= 4 is 11.6 Å². The van der Waals surface area contributed by atoms with Gasteiger partial charge in [0.1, 0.15) is 5.75 Å². The number of anilines is 1. The zero-order chi connectivity index (χ0) is 13.1. The highest BCUT2D eigenvalue weighted by Crippen LogP contribution is 2.28. The molecule has 1 aromatic rings. The molecular weight excluding hydrogens is 228 g/mol. The lowest BCUT2D eigenvalue weighted by atomic mass is 10.0. The van der Waals surface area contributed by atoms with E-state index in [1.165, 1.54) is 5.56 Å². The van der Waals surface area contributed by atoms with Gasteiger partial charge in [0.05, 0.1) is 5.69 Å². The third-order valence-electron chi connectivity index (χ3n) is 2.84. The number of rotatable bonds is 4. The van der Waals surface area contributed by atoms with E-state index >= 15 is 0 Å². The van der Waals surface area contributed by atoms with Gasteiger partial charge in [0.15, 0.2) is 6.61 Å². The fourth-order valence-corrected chi connectivity index (χ4v) is 2.24. The fourth-order valence-electron chi connectivity index (χ4n) is 2.24. The van der Waals surface area contributed by atoms with Gasteiger partial charge in [-0.1, -0.05) is 19.9 Å². The van der Waals surface area contributed by atoms with Crippen molar-refractivity contribution in [3.63, 3.8) is 0 Å². The van der Waals surface area contributed by atoms with Crippen molar-refractivity contribution in [3.05, 3.63) is 23.8 Å². The first kappa shape index (κ1) is 12.9. The first-order chi connectivity index (χ1) is 8.54. The molecule has 1 atom stereocenters. The van der Waals surface area contributed by atoms with Gasteiger partial charge in [0.25, 0.3) is 5.91 Å². The van der Waals surface area contributed by atoms with Crippen LogP contribution in [0.2, 0.25) is 0 Å². The summed E-state index contributed by atoms with van der Waals surface area (Å²) in [4.78, 5) is 11.3. The van der Waals surface area contributed by atoms with Crippen LogP contribution in [0.3, 0.4) is 0 Å². The van der Waals surface area contributed by atoms with Gasteiger partial charge in [-0.05, 0) is 31.0 Å². The van der Waals surface area contributed by atoms with E-state index in [0.29, 0.717) is 12.1 Å². The molecule has 2 rings (SSSR count). The average molecular weight is 248 g/mol. The lowest BCUT2D eigenvalue weighted by molar-refractivity contribution is -0.118. The Morgan fingerprint density at radius 3 is 2.89 bits per heavy atom. The summed E-state index contributed by atoms with van der Waals surface area (Å²) in [5.41, 5.74) is 1.97. The highest BCUT2D eigenvalue weighted by molar-refractivity contribution is 5.95. The number of amides is 1. The van der Waals surface area contributed by atoms with Crippen molar-refractivity contribution in [2.75, 3.05) is 11.9 Å². The van der Waals surface area contributed by atoms with Crippen LogP contribution in [-0.4, -0.2) is 24.6 Å². The first-order valence-corrected chi connectivity index (χ1v) is 6.36. The second-order valence-corrected chi connectivity index (χ2v) is 5.09. The lowest BCUT2D eigenvalue weighted by Crippen LogP contribution is -2.34. The van der Waals surface area contributed by atoms with Crippen LogP contribution in [0.4, 0.5) is 5.69 Å². The third kappa shape index (κ3) is 3.23. The highest BCUT2D eigenvalue weighted by atomic mass is 16.5. The van der Waals surface area contributed by atoms with Crippen molar-refractivity contribution < 1.29 is 9.53 Å². The van der Waals surface area contributed by atoms with Crippen LogP contribution in [0.15, 0.2) is 18.2 Å². The molecule has 4 nitrogen and oxygen atoms in total. The molecule has 0 radical (unpaired) electrons. The van der Waals surface area contributed by atoms with E-state index in [1.54, 1.807) is 0 Å². The van der Waals surface area contributed by atoms with Crippen LogP contribution < -0.4 is 15.4 Å². The molecule has 0 aliphatic carbocycles. The van der Waals surface area contributed by atoms with Crippen LogP contribution in [0, 0.1) is 0 Å². The van der Waals surface area contributed by atoms with Crippen molar-refractivity contribution in [2.45, 2.75) is 39.3 Å². The van der Waals surface area contributed by atoms with Crippen LogP contribution in [0.1, 0.15) is 26.3 Å². The van der Waals surface area contributed by atoms with Crippen LogP contribution in [0.25, 0.3) is 0 Å². The average Bonchev–Trinajstić information content (AvgIpc) is 2.27. The van der Waals surface area contributed by atoms with Crippen molar-refractivity contribution in [3.8, 4) is 5.75 Å². The van der Waals surface area contributed by atoms with E-state index in [4.69, 9.17) is 4.74 Å². The summed E-state index contributed by atoms with van der Waals surface area (Å²) < 4.78 is 5.33. The Labute approximate surface area is 108 Å². The lowest BCUT2D eigenvalue weighted by Gasteiger charge is -2.20. The monoisotopic (exact) mass is 248 g/mol. The first-order valence-electron chi connectivity index (χ1n) is 6.36. The van der Waals surface area contributed by atoms with E-state index < -0.39 is 0 Å². The summed E-state index contributed by atoms with van der Waals surface area (Å²) in [6.45, 7) is 6.54. The number of carbonyl (C=O) groups excluding carboxylic acids is 1. The molecule has 2 N–H and O–H groups in total. The number of hydrogen-bond acceptors (Lipinski definition) is 3. The maximum atomic E-state index is 11.3. The Bertz CT molecular complexity index is 443. The minimum Gasteiger partial charge on any atom is -0.482 e. The topological polar surface area (TPSA) is 50.4 Å². The molecule has 1 heterocycles. The molecule has 0 bridgehead atoms. The minimum absolute atomic E-state index is 0.0898. The van der Waals surface area contributed by atoms with Gasteiger partial charge >= 0.3 is 0 Å². The van der Waals surface area contributed by atoms with E-state index in [9.17, 15) is 4.79 Å². The van der Waals surface area contributed by atoms with Crippen molar-refractivity contribution in [2.24, 2.45) is 0 Å². The molecule has 98 valence electrons. The van der Waals surface area contributed by atoms with Crippen LogP contribution in [0.5, 0.6) is 5.75 Å². The SMILES string of the molecule is CC(C)NC(C)Cc1ccc2c(c1)NC(=O)CO2. The van der Waals surface area contributed by atoms with Gasteiger partial charge < -0.3 is 15.4 Å². The Morgan fingerprint density at radius 1 is 1.39 bits per heavy atom. The number of carbonyl (C=O) groups is 1. The normalized spacial score (nSPS) is 15.9. The van der Waals surface area contributed by atoms with E-state index in [0.717, 1.165) is 17.9 Å². The largest absolute Gasteiger partial charge is 0.482 e. The molecule has 18 heavy (non-hydrogen) atoms. The maximum Gasteiger partial charge on any atom is 0.262 e. The van der Waals surface area contributed by atoms with E-state index in [2.05, 4.69) is 37.5 Å². The Morgan fingerprint density at radius 2 is 2.17 bits per heavy atom. The molecule has 0 spiro atoms. The molecule has 0 fully saturated rings. The molecule has 1 unspecified atom stereocenters. The number of benzene rings is 1. The van der Waals surface area contributed by atoms with Gasteiger partial charge in [-0.3, -0.25) is 4.79 Å². The van der Waals surface area contributed by atoms with Gasteiger partial charge in [-0.25, -0.2) is 0 Å². The predicted octanol–water partition coefficient (Wildman–Crippen LogP) is 1.95. The zero-order valence-electron chi connectivity index (χ0n) is 11.1. The molecular formula is C14H20N2O2. The molecule has 1 aromatic carbocycles. The summed E-state index contributed by atoms with van der Waals surface area (Å²) in [5.74, 6) is 0.663. The number of hydrogen-bond donors (Lipinski definition) is 2. The highest BCUT2D eigenvalue weighted by Gasteiger charge is 2.16. The fraction of sp³-hybridized carbons (Fsp3) is 0.500. The minimum atomic E-state index is -0.0898. The Balaban J connectivity index is 2.06. The number of fused-ring (bicyclic) bond motifs is 1. The maximum absolute atomic E-state index is 11.3. The standard InChI is InChI=1S/C14H20N2O2/c1-9(2)15-10(3)6-11-4-5-13-12(7-11)16-14(17)8-18-13/h4-5,7,9-10,15H,6,8H2,1-3H3,(H,16,17).